The summed E-state index contributed by atoms with van der Waals surface area (Å²) < 4.78 is 7.03. The summed E-state index contributed by atoms with van der Waals surface area (Å²) in [7, 11) is 0. The Morgan fingerprint density at radius 3 is 2.05 bits per heavy atom. The van der Waals surface area contributed by atoms with Gasteiger partial charge in [-0.15, -0.1) is 0 Å². The fourth-order valence-electron chi connectivity index (χ4n) is 7.66. The average Bonchev–Trinajstić information content (AvgIpc) is 3.61. The summed E-state index contributed by atoms with van der Waals surface area (Å²) in [6, 6.07) is 34.7. The molecule has 0 radical (unpaired) electrons. The lowest BCUT2D eigenvalue weighted by Gasteiger charge is -2.38. The van der Waals surface area contributed by atoms with Crippen molar-refractivity contribution >= 4 is 66.4 Å². The predicted molar refractivity (Wildman–Crippen MR) is 157 cm³/mol. The van der Waals surface area contributed by atoms with Gasteiger partial charge in [0.2, 0.25) is 11.3 Å². The van der Waals surface area contributed by atoms with Crippen molar-refractivity contribution in [2.75, 3.05) is 0 Å². The van der Waals surface area contributed by atoms with Crippen LogP contribution >= 0.6 is 0 Å². The summed E-state index contributed by atoms with van der Waals surface area (Å²) in [6.07, 6.45) is 0. The first-order valence-electron chi connectivity index (χ1n) is 13.7. The summed E-state index contributed by atoms with van der Waals surface area (Å²) >= 11 is 0. The summed E-state index contributed by atoms with van der Waals surface area (Å²) in [5, 5.41) is 9.34. The Morgan fingerprint density at radius 2 is 1.25 bits per heavy atom. The zero-order valence-corrected chi connectivity index (χ0v) is 21.4. The molecule has 0 saturated heterocycles. The van der Waals surface area contributed by atoms with Gasteiger partial charge < -0.3 is 0 Å². The Balaban J connectivity index is 1.47. The van der Waals surface area contributed by atoms with Gasteiger partial charge in [0.05, 0.1) is 11.1 Å². The third-order valence-electron chi connectivity index (χ3n) is 9.35. The first-order valence-corrected chi connectivity index (χ1v) is 13.7. The fraction of sp³-hybridized carbons (Fsp3) is 0.0588. The largest absolute Gasteiger partial charge is 0.277 e. The molecule has 6 heteroatoms. The van der Waals surface area contributed by atoms with Gasteiger partial charge in [0, 0.05) is 28.5 Å². The van der Waals surface area contributed by atoms with Crippen LogP contribution in [0.5, 0.6) is 0 Å². The number of aromatic nitrogens is 2. The van der Waals surface area contributed by atoms with Gasteiger partial charge in [0.25, 0.3) is 17.5 Å². The third-order valence-corrected chi connectivity index (χ3v) is 9.35. The molecule has 11 rings (SSSR count). The van der Waals surface area contributed by atoms with Crippen molar-refractivity contribution in [2.24, 2.45) is 15.0 Å². The standard InChI is InChI=1S/C34H19N6/c1-34-38-28-22-12-6-7-13-23(22)29(38)36-31-25-16-19-9-2-3-10-20(19)17-26(25)32(39(31)34)37-33-27-21-11-5-4-8-18(21)14-15-24(27)30(35-28)40(33)34/h2-17H,1H3/q+1/t34-/m1/s1. The maximum atomic E-state index is 5.49. The molecule has 5 aromatic carbocycles. The molecule has 4 aliphatic heterocycles. The molecule has 1 atom stereocenters. The minimum Gasteiger partial charge on any atom is -0.240 e. The second-order valence-electron chi connectivity index (χ2n) is 11.3. The van der Waals surface area contributed by atoms with Crippen molar-refractivity contribution in [3.05, 3.63) is 119 Å². The van der Waals surface area contributed by atoms with Crippen molar-refractivity contribution in [3.8, 4) is 0 Å². The fourth-order valence-corrected chi connectivity index (χ4v) is 7.66. The van der Waals surface area contributed by atoms with Crippen LogP contribution in [0.4, 0.5) is 11.6 Å². The van der Waals surface area contributed by atoms with E-state index < -0.39 is 5.79 Å². The van der Waals surface area contributed by atoms with Crippen LogP contribution in [-0.2, 0) is 5.79 Å². The van der Waals surface area contributed by atoms with Crippen LogP contribution in [-0.4, -0.2) is 25.4 Å². The van der Waals surface area contributed by atoms with E-state index >= 15 is 0 Å². The van der Waals surface area contributed by atoms with Crippen LogP contribution in [0.3, 0.4) is 0 Å². The monoisotopic (exact) mass is 511 g/mol. The zero-order valence-electron chi connectivity index (χ0n) is 21.4. The number of benzene rings is 5. The number of hydrogen-bond acceptors (Lipinski definition) is 3. The summed E-state index contributed by atoms with van der Waals surface area (Å²) in [4.78, 5) is 16.3. The van der Waals surface area contributed by atoms with Gasteiger partial charge in [-0.25, -0.2) is 14.1 Å². The van der Waals surface area contributed by atoms with E-state index in [2.05, 4.69) is 118 Å². The minimum absolute atomic E-state index is 0.643. The van der Waals surface area contributed by atoms with Crippen LogP contribution in [0.1, 0.15) is 18.1 Å². The molecule has 0 fully saturated rings. The van der Waals surface area contributed by atoms with Gasteiger partial charge >= 0.3 is 0 Å². The Kier molecular flexibility index (Phi) is 3.00. The van der Waals surface area contributed by atoms with Crippen LogP contribution < -0.4 is 11.0 Å². The van der Waals surface area contributed by atoms with Crippen LogP contribution in [0, 0.1) is 0 Å². The molecule has 0 saturated carbocycles. The summed E-state index contributed by atoms with van der Waals surface area (Å²) in [6.45, 7) is 2.30. The minimum atomic E-state index is -0.643. The van der Waals surface area contributed by atoms with Gasteiger partial charge in [0.15, 0.2) is 5.82 Å². The van der Waals surface area contributed by atoms with Crippen molar-refractivity contribution in [3.63, 3.8) is 0 Å². The van der Waals surface area contributed by atoms with E-state index in [1.54, 1.807) is 0 Å². The summed E-state index contributed by atoms with van der Waals surface area (Å²) in [5.41, 5.74) is 4.14. The van der Waals surface area contributed by atoms with E-state index in [1.165, 1.54) is 21.5 Å². The molecule has 0 aliphatic carbocycles. The molecular formula is C34H19N6+. The molecule has 7 aromatic rings. The predicted octanol–water partition coefficient (Wildman–Crippen LogP) is 5.84. The highest BCUT2D eigenvalue weighted by Crippen LogP contribution is 2.50. The van der Waals surface area contributed by atoms with E-state index in [4.69, 9.17) is 15.0 Å². The molecule has 6 heterocycles. The second kappa shape index (κ2) is 6.10. The molecule has 0 spiro atoms. The number of amidine groups is 2. The lowest BCUT2D eigenvalue weighted by molar-refractivity contribution is -0.550. The van der Waals surface area contributed by atoms with Crippen LogP contribution in [0.15, 0.2) is 112 Å². The van der Waals surface area contributed by atoms with E-state index in [9.17, 15) is 0 Å². The van der Waals surface area contributed by atoms with Gasteiger partial charge in [0.1, 0.15) is 5.49 Å². The van der Waals surface area contributed by atoms with E-state index in [0.29, 0.717) is 0 Å². The number of aliphatic imine (C=N–C) groups is 1. The number of nitrogens with zero attached hydrogens (tertiary/aromatic N) is 6. The molecule has 40 heavy (non-hydrogen) atoms. The average molecular weight is 512 g/mol. The lowest BCUT2D eigenvalue weighted by atomic mass is 10.0. The lowest BCUT2D eigenvalue weighted by Crippen LogP contribution is -2.62. The smallest absolute Gasteiger partial charge is 0.240 e. The first kappa shape index (κ1) is 19.7. The third kappa shape index (κ3) is 1.91. The van der Waals surface area contributed by atoms with Crippen molar-refractivity contribution < 1.29 is 4.58 Å². The number of rotatable bonds is 0. The number of hydrogen-bond donors (Lipinski definition) is 0. The molecule has 6 nitrogen and oxygen atoms in total. The van der Waals surface area contributed by atoms with E-state index in [1.807, 2.05) is 0 Å². The molecule has 0 N–H and O–H groups in total. The quantitative estimate of drug-likeness (QED) is 0.230. The Morgan fingerprint density at radius 1 is 0.575 bits per heavy atom. The van der Waals surface area contributed by atoms with Crippen LogP contribution in [0.2, 0.25) is 0 Å². The first-order chi connectivity index (χ1) is 19.7. The van der Waals surface area contributed by atoms with Crippen molar-refractivity contribution in [1.29, 1.82) is 0 Å². The number of fused-ring (bicyclic) bond motifs is 12. The SMILES string of the molecule is C[C@]12n3c4c5ccc6ccccc6c5c3N=c3c5cc6ccccc6cc5c(n31)=NC1=[N+]2C(=N4)c2ccccc21. The highest BCUT2D eigenvalue weighted by molar-refractivity contribution is 6.20. The van der Waals surface area contributed by atoms with Gasteiger partial charge in [-0.1, -0.05) is 76.7 Å². The molecule has 0 amide bonds. The Bertz CT molecular complexity index is 2610. The highest BCUT2D eigenvalue weighted by Gasteiger charge is 2.57. The molecule has 2 aromatic heterocycles. The Labute approximate surface area is 226 Å². The molecule has 184 valence electrons. The normalized spacial score (nSPS) is 19.2. The van der Waals surface area contributed by atoms with Crippen molar-refractivity contribution in [1.82, 2.24) is 9.13 Å². The molecule has 0 bridgehead atoms. The molecular weight excluding hydrogens is 492 g/mol. The van der Waals surface area contributed by atoms with E-state index in [0.717, 1.165) is 67.0 Å². The molecule has 0 unspecified atom stereocenters. The zero-order chi connectivity index (χ0) is 25.9. The molecule has 4 aliphatic rings. The second-order valence-corrected chi connectivity index (χ2v) is 11.3. The summed E-state index contributed by atoms with van der Waals surface area (Å²) in [5.74, 6) is 3.16. The van der Waals surface area contributed by atoms with Crippen molar-refractivity contribution in [2.45, 2.75) is 12.7 Å². The van der Waals surface area contributed by atoms with Crippen LogP contribution in [0.25, 0.3) is 43.1 Å². The van der Waals surface area contributed by atoms with E-state index in [-0.39, 0.29) is 0 Å². The van der Waals surface area contributed by atoms with Gasteiger partial charge in [-0.2, -0.15) is 4.58 Å². The highest BCUT2D eigenvalue weighted by atomic mass is 15.6. The topological polar surface area (TPSA) is 49.9 Å². The maximum Gasteiger partial charge on any atom is 0.277 e. The Hall–Kier alpha value is -5.36. The maximum absolute atomic E-state index is 5.49. The van der Waals surface area contributed by atoms with Gasteiger partial charge in [-0.05, 0) is 51.9 Å². The van der Waals surface area contributed by atoms with Gasteiger partial charge in [-0.3, -0.25) is 0 Å².